The van der Waals surface area contributed by atoms with Gasteiger partial charge in [-0.25, -0.2) is 0 Å². The summed E-state index contributed by atoms with van der Waals surface area (Å²) in [4.78, 5) is 17.7. The lowest BCUT2D eigenvalue weighted by Crippen LogP contribution is -2.49. The third kappa shape index (κ3) is 4.85. The molecule has 0 aliphatic carbocycles. The molecule has 1 unspecified atom stereocenters. The van der Waals surface area contributed by atoms with Crippen LogP contribution in [-0.4, -0.2) is 61.0 Å². The third-order valence-corrected chi connectivity index (χ3v) is 5.50. The van der Waals surface area contributed by atoms with Crippen molar-refractivity contribution in [3.05, 3.63) is 65.7 Å². The van der Waals surface area contributed by atoms with Crippen LogP contribution >= 0.6 is 12.4 Å². The molecule has 1 atom stereocenters. The zero-order valence-electron chi connectivity index (χ0n) is 16.0. The van der Waals surface area contributed by atoms with E-state index in [-0.39, 0.29) is 18.3 Å². The Hall–Kier alpha value is -2.08. The molecule has 0 saturated carbocycles. The first-order valence-corrected chi connectivity index (χ1v) is 9.81. The second kappa shape index (κ2) is 9.92. The summed E-state index contributed by atoms with van der Waals surface area (Å²) in [5.41, 5.74) is 1.70. The van der Waals surface area contributed by atoms with Crippen LogP contribution in [0.15, 0.2) is 54.6 Å². The van der Waals surface area contributed by atoms with Gasteiger partial charge in [0.1, 0.15) is 12.4 Å². The first-order chi connectivity index (χ1) is 13.3. The number of benzene rings is 2. The van der Waals surface area contributed by atoms with Gasteiger partial charge in [-0.2, -0.15) is 0 Å². The van der Waals surface area contributed by atoms with Gasteiger partial charge in [0.05, 0.1) is 0 Å². The average molecular weight is 402 g/mol. The van der Waals surface area contributed by atoms with E-state index in [1.54, 1.807) is 0 Å². The van der Waals surface area contributed by atoms with Crippen LogP contribution < -0.4 is 10.1 Å². The van der Waals surface area contributed by atoms with Gasteiger partial charge in [-0.15, -0.1) is 12.4 Å². The number of para-hydroxylation sites is 1. The number of nitrogens with zero attached hydrogens (tertiary/aromatic N) is 2. The molecular weight excluding hydrogens is 374 g/mol. The minimum Gasteiger partial charge on any atom is -0.489 e. The Morgan fingerprint density at radius 1 is 1.00 bits per heavy atom. The minimum atomic E-state index is 0. The average Bonchev–Trinajstić information content (AvgIpc) is 3.24. The van der Waals surface area contributed by atoms with Gasteiger partial charge in [-0.1, -0.05) is 36.4 Å². The second-order valence-corrected chi connectivity index (χ2v) is 7.24. The van der Waals surface area contributed by atoms with Gasteiger partial charge >= 0.3 is 0 Å². The van der Waals surface area contributed by atoms with Crippen LogP contribution in [-0.2, 0) is 6.61 Å². The van der Waals surface area contributed by atoms with Crippen molar-refractivity contribution in [2.45, 2.75) is 19.1 Å². The highest BCUT2D eigenvalue weighted by atomic mass is 35.5. The van der Waals surface area contributed by atoms with E-state index in [0.29, 0.717) is 12.6 Å². The van der Waals surface area contributed by atoms with Crippen molar-refractivity contribution < 1.29 is 9.53 Å². The van der Waals surface area contributed by atoms with E-state index in [1.165, 1.54) is 0 Å². The summed E-state index contributed by atoms with van der Waals surface area (Å²) in [6.45, 7) is 6.31. The van der Waals surface area contributed by atoms with Gasteiger partial charge in [0, 0.05) is 56.4 Å². The summed E-state index contributed by atoms with van der Waals surface area (Å²) in [5.74, 6) is 0.944. The molecule has 6 heteroatoms. The van der Waals surface area contributed by atoms with Gasteiger partial charge in [0.25, 0.3) is 5.91 Å². The van der Waals surface area contributed by atoms with Crippen LogP contribution in [0.3, 0.4) is 0 Å². The molecule has 2 aliphatic heterocycles. The number of nitrogens with one attached hydrogen (secondary N) is 1. The fourth-order valence-corrected chi connectivity index (χ4v) is 3.97. The molecule has 0 bridgehead atoms. The predicted molar refractivity (Wildman–Crippen MR) is 113 cm³/mol. The molecule has 0 radical (unpaired) electrons. The molecule has 1 amide bonds. The maximum atomic E-state index is 13.1. The first-order valence-electron chi connectivity index (χ1n) is 9.81. The predicted octanol–water partition coefficient (Wildman–Crippen LogP) is 2.81. The topological polar surface area (TPSA) is 44.8 Å². The van der Waals surface area contributed by atoms with Gasteiger partial charge in [-0.3, -0.25) is 9.69 Å². The van der Waals surface area contributed by atoms with E-state index in [0.717, 1.165) is 62.6 Å². The first kappa shape index (κ1) is 20.6. The van der Waals surface area contributed by atoms with Gasteiger partial charge in [-0.05, 0) is 24.6 Å². The number of carbonyl (C=O) groups is 1. The lowest BCUT2D eigenvalue weighted by atomic mass is 10.1. The molecule has 2 saturated heterocycles. The molecule has 2 fully saturated rings. The van der Waals surface area contributed by atoms with Gasteiger partial charge in [0.2, 0.25) is 0 Å². The molecule has 28 heavy (non-hydrogen) atoms. The van der Waals surface area contributed by atoms with E-state index in [2.05, 4.69) is 10.2 Å². The molecule has 2 heterocycles. The number of halogens is 1. The molecule has 1 N–H and O–H groups in total. The number of hydrogen-bond donors (Lipinski definition) is 1. The maximum absolute atomic E-state index is 13.1. The number of amides is 1. The fourth-order valence-electron chi connectivity index (χ4n) is 3.97. The molecule has 4 rings (SSSR count). The Kier molecular flexibility index (Phi) is 7.31. The van der Waals surface area contributed by atoms with E-state index in [9.17, 15) is 4.79 Å². The van der Waals surface area contributed by atoms with Crippen molar-refractivity contribution in [1.29, 1.82) is 0 Å². The normalized spacial score (nSPS) is 19.9. The van der Waals surface area contributed by atoms with Crippen LogP contribution in [0, 0.1) is 0 Å². The highest BCUT2D eigenvalue weighted by Crippen LogP contribution is 2.21. The molecule has 2 aromatic carbocycles. The van der Waals surface area contributed by atoms with Crippen LogP contribution in [0.25, 0.3) is 0 Å². The van der Waals surface area contributed by atoms with E-state index < -0.39 is 0 Å². The standard InChI is InChI=1S/C22H27N3O2.ClH/c26-22(25-13-10-19(16-25)24-14-11-23-12-15-24)21-9-5-4-6-18(21)17-27-20-7-2-1-3-8-20;/h1-9,19,23H,10-17H2;1H. The van der Waals surface area contributed by atoms with Crippen LogP contribution in [0.4, 0.5) is 0 Å². The highest BCUT2D eigenvalue weighted by Gasteiger charge is 2.31. The molecule has 0 spiro atoms. The zero-order chi connectivity index (χ0) is 18.5. The Morgan fingerprint density at radius 3 is 2.50 bits per heavy atom. The molecular formula is C22H28ClN3O2. The molecule has 150 valence electrons. The van der Waals surface area contributed by atoms with Crippen molar-refractivity contribution in [3.8, 4) is 5.75 Å². The molecule has 0 aromatic heterocycles. The number of likely N-dealkylation sites (tertiary alicyclic amines) is 1. The van der Waals surface area contributed by atoms with E-state index in [4.69, 9.17) is 4.74 Å². The van der Waals surface area contributed by atoms with Crippen molar-refractivity contribution in [2.75, 3.05) is 39.3 Å². The Bertz CT molecular complexity index is 765. The van der Waals surface area contributed by atoms with Crippen molar-refractivity contribution in [2.24, 2.45) is 0 Å². The fraction of sp³-hybridized carbons (Fsp3) is 0.409. The van der Waals surface area contributed by atoms with Gasteiger partial charge in [0.15, 0.2) is 0 Å². The Balaban J connectivity index is 0.00000225. The maximum Gasteiger partial charge on any atom is 0.254 e. The number of piperazine rings is 1. The van der Waals surface area contributed by atoms with E-state index >= 15 is 0 Å². The number of carbonyl (C=O) groups excluding carboxylic acids is 1. The quantitative estimate of drug-likeness (QED) is 0.836. The molecule has 5 nitrogen and oxygen atoms in total. The lowest BCUT2D eigenvalue weighted by Gasteiger charge is -2.32. The van der Waals surface area contributed by atoms with Crippen molar-refractivity contribution >= 4 is 18.3 Å². The van der Waals surface area contributed by atoms with E-state index in [1.807, 2.05) is 59.5 Å². The van der Waals surface area contributed by atoms with Crippen LogP contribution in [0.1, 0.15) is 22.3 Å². The smallest absolute Gasteiger partial charge is 0.254 e. The number of rotatable bonds is 5. The van der Waals surface area contributed by atoms with Crippen LogP contribution in [0.5, 0.6) is 5.75 Å². The largest absolute Gasteiger partial charge is 0.489 e. The Labute approximate surface area is 173 Å². The summed E-state index contributed by atoms with van der Waals surface area (Å²) in [7, 11) is 0. The highest BCUT2D eigenvalue weighted by molar-refractivity contribution is 5.95. The van der Waals surface area contributed by atoms with Gasteiger partial charge < -0.3 is 15.0 Å². The summed E-state index contributed by atoms with van der Waals surface area (Å²) < 4.78 is 5.88. The minimum absolute atomic E-state index is 0. The number of ether oxygens (including phenoxy) is 1. The summed E-state index contributed by atoms with van der Waals surface area (Å²) in [5, 5.41) is 3.40. The van der Waals surface area contributed by atoms with Crippen LogP contribution in [0.2, 0.25) is 0 Å². The van der Waals surface area contributed by atoms with Crippen molar-refractivity contribution in [1.82, 2.24) is 15.1 Å². The Morgan fingerprint density at radius 2 is 1.71 bits per heavy atom. The SMILES string of the molecule is Cl.O=C(c1ccccc1COc1ccccc1)N1CCC(N2CCNCC2)C1. The third-order valence-electron chi connectivity index (χ3n) is 5.50. The lowest BCUT2D eigenvalue weighted by molar-refractivity contribution is 0.0770. The monoisotopic (exact) mass is 401 g/mol. The summed E-state index contributed by atoms with van der Waals surface area (Å²) in [6.07, 6.45) is 1.06. The van der Waals surface area contributed by atoms with Crippen molar-refractivity contribution in [3.63, 3.8) is 0 Å². The second-order valence-electron chi connectivity index (χ2n) is 7.24. The zero-order valence-corrected chi connectivity index (χ0v) is 16.9. The summed E-state index contributed by atoms with van der Waals surface area (Å²) in [6, 6.07) is 18.0. The summed E-state index contributed by atoms with van der Waals surface area (Å²) >= 11 is 0. The molecule has 2 aliphatic rings. The number of hydrogen-bond acceptors (Lipinski definition) is 4. The molecule has 2 aromatic rings.